The smallest absolute Gasteiger partial charge is 0.254 e. The summed E-state index contributed by atoms with van der Waals surface area (Å²) in [7, 11) is -3.64. The van der Waals surface area contributed by atoms with E-state index < -0.39 is 10.0 Å². The highest BCUT2D eigenvalue weighted by Crippen LogP contribution is 2.26. The Balaban J connectivity index is 2.25. The Labute approximate surface area is 177 Å². The highest BCUT2D eigenvalue weighted by Gasteiger charge is 2.23. The summed E-state index contributed by atoms with van der Waals surface area (Å²) in [4.78, 5) is 31.7. The van der Waals surface area contributed by atoms with E-state index in [4.69, 9.17) is 0 Å². The van der Waals surface area contributed by atoms with Crippen LogP contribution < -0.4 is 10.9 Å². The number of H-pyrrole nitrogens is 1. The Morgan fingerprint density at radius 2 is 1.77 bits per heavy atom. The van der Waals surface area contributed by atoms with E-state index in [1.807, 2.05) is 13.8 Å². The molecule has 0 saturated heterocycles. The zero-order valence-electron chi connectivity index (χ0n) is 18.4. The van der Waals surface area contributed by atoms with Crippen molar-refractivity contribution in [2.24, 2.45) is 0 Å². The SMILES string of the molecule is CCN(CC)S(=O)(=O)c1cc(C)c(C)c(NC(=O)CCc2c(C)nc(C)[nH]c2=O)c1. The van der Waals surface area contributed by atoms with Crippen molar-refractivity contribution in [3.8, 4) is 0 Å². The molecule has 2 aromatic rings. The third-order valence-electron chi connectivity index (χ3n) is 5.20. The van der Waals surface area contributed by atoms with Crippen molar-refractivity contribution in [1.82, 2.24) is 14.3 Å². The van der Waals surface area contributed by atoms with E-state index in [9.17, 15) is 18.0 Å². The molecule has 2 rings (SSSR count). The molecule has 0 aliphatic carbocycles. The molecule has 0 aliphatic heterocycles. The second kappa shape index (κ2) is 9.53. The normalized spacial score (nSPS) is 11.7. The minimum atomic E-state index is -3.64. The highest BCUT2D eigenvalue weighted by atomic mass is 32.2. The molecule has 1 amide bonds. The predicted molar refractivity (Wildman–Crippen MR) is 117 cm³/mol. The molecule has 1 aromatic carbocycles. The summed E-state index contributed by atoms with van der Waals surface area (Å²) in [5.74, 6) is 0.234. The van der Waals surface area contributed by atoms with Crippen molar-refractivity contribution < 1.29 is 13.2 Å². The molecule has 0 spiro atoms. The van der Waals surface area contributed by atoms with Crippen molar-refractivity contribution in [3.05, 3.63) is 50.7 Å². The van der Waals surface area contributed by atoms with Gasteiger partial charge in [0.25, 0.3) is 5.56 Å². The van der Waals surface area contributed by atoms with E-state index in [1.54, 1.807) is 33.8 Å². The number of hydrogen-bond donors (Lipinski definition) is 2. The van der Waals surface area contributed by atoms with Gasteiger partial charge in [0.1, 0.15) is 5.82 Å². The van der Waals surface area contributed by atoms with Gasteiger partial charge in [0.2, 0.25) is 15.9 Å². The minimum absolute atomic E-state index is 0.0835. The largest absolute Gasteiger partial charge is 0.326 e. The number of nitrogens with one attached hydrogen (secondary N) is 2. The molecule has 1 heterocycles. The first-order valence-corrected chi connectivity index (χ1v) is 11.4. The summed E-state index contributed by atoms with van der Waals surface area (Å²) in [6.45, 7) is 11.4. The van der Waals surface area contributed by atoms with E-state index in [2.05, 4.69) is 15.3 Å². The zero-order chi connectivity index (χ0) is 22.6. The van der Waals surface area contributed by atoms with Crippen LogP contribution in [0.2, 0.25) is 0 Å². The number of nitrogens with zero attached hydrogens (tertiary/aromatic N) is 2. The maximum absolute atomic E-state index is 12.9. The molecule has 0 unspecified atom stereocenters. The molecule has 8 nitrogen and oxygen atoms in total. The third kappa shape index (κ3) is 5.14. The number of amides is 1. The van der Waals surface area contributed by atoms with Gasteiger partial charge in [-0.05, 0) is 57.4 Å². The zero-order valence-corrected chi connectivity index (χ0v) is 19.2. The molecule has 0 bridgehead atoms. The van der Waals surface area contributed by atoms with Gasteiger partial charge in [-0.2, -0.15) is 4.31 Å². The average Bonchev–Trinajstić information content (AvgIpc) is 2.65. The molecular weight excluding hydrogens is 404 g/mol. The fourth-order valence-corrected chi connectivity index (χ4v) is 4.88. The van der Waals surface area contributed by atoms with Crippen LogP contribution in [0.15, 0.2) is 21.8 Å². The van der Waals surface area contributed by atoms with E-state index in [1.165, 1.54) is 10.4 Å². The van der Waals surface area contributed by atoms with Gasteiger partial charge in [-0.3, -0.25) is 9.59 Å². The Hall–Kier alpha value is -2.52. The lowest BCUT2D eigenvalue weighted by molar-refractivity contribution is -0.116. The predicted octanol–water partition coefficient (Wildman–Crippen LogP) is 2.61. The monoisotopic (exact) mass is 434 g/mol. The van der Waals surface area contributed by atoms with Crippen LogP contribution in [0.25, 0.3) is 0 Å². The Bertz CT molecular complexity index is 1100. The van der Waals surface area contributed by atoms with Gasteiger partial charge in [0.05, 0.1) is 4.90 Å². The molecule has 9 heteroatoms. The van der Waals surface area contributed by atoms with Crippen molar-refractivity contribution in [1.29, 1.82) is 0 Å². The fraction of sp³-hybridized carbons (Fsp3) is 0.476. The van der Waals surface area contributed by atoms with Crippen LogP contribution in [-0.2, 0) is 21.2 Å². The van der Waals surface area contributed by atoms with Crippen LogP contribution in [0.1, 0.15) is 48.5 Å². The lowest BCUT2D eigenvalue weighted by atomic mass is 10.1. The number of benzene rings is 1. The number of aromatic amines is 1. The Kier molecular flexibility index (Phi) is 7.54. The van der Waals surface area contributed by atoms with Crippen LogP contribution in [0, 0.1) is 27.7 Å². The second-order valence-electron chi connectivity index (χ2n) is 7.27. The number of sulfonamides is 1. The Morgan fingerprint density at radius 3 is 2.33 bits per heavy atom. The number of rotatable bonds is 8. The van der Waals surface area contributed by atoms with Gasteiger partial charge >= 0.3 is 0 Å². The van der Waals surface area contributed by atoms with E-state index in [-0.39, 0.29) is 29.2 Å². The topological polar surface area (TPSA) is 112 Å². The number of anilines is 1. The van der Waals surface area contributed by atoms with Gasteiger partial charge in [0, 0.05) is 36.5 Å². The summed E-state index contributed by atoms with van der Waals surface area (Å²) in [6.07, 6.45) is 0.329. The number of aryl methyl sites for hydroxylation is 3. The minimum Gasteiger partial charge on any atom is -0.326 e. The molecule has 0 saturated carbocycles. The molecular formula is C21H30N4O4S. The molecule has 1 aromatic heterocycles. The average molecular weight is 435 g/mol. The standard InChI is InChI=1S/C21H30N4O4S/c1-7-25(8-2)30(28,29)17-11-13(3)14(4)19(12-17)24-20(26)10-9-18-15(5)22-16(6)23-21(18)27/h11-12H,7-10H2,1-6H3,(H,24,26)(H,22,23,27). The van der Waals surface area contributed by atoms with Gasteiger partial charge in [-0.15, -0.1) is 0 Å². The van der Waals surface area contributed by atoms with Gasteiger partial charge in [0.15, 0.2) is 0 Å². The summed E-state index contributed by atoms with van der Waals surface area (Å²) >= 11 is 0. The Morgan fingerprint density at radius 1 is 1.13 bits per heavy atom. The fourth-order valence-electron chi connectivity index (χ4n) is 3.31. The van der Waals surface area contributed by atoms with Crippen LogP contribution in [0.4, 0.5) is 5.69 Å². The second-order valence-corrected chi connectivity index (χ2v) is 9.20. The van der Waals surface area contributed by atoms with Crippen molar-refractivity contribution in [2.75, 3.05) is 18.4 Å². The molecule has 0 radical (unpaired) electrons. The van der Waals surface area contributed by atoms with Gasteiger partial charge in [-0.25, -0.2) is 13.4 Å². The van der Waals surface area contributed by atoms with E-state index in [0.29, 0.717) is 35.9 Å². The molecule has 0 aliphatic rings. The van der Waals surface area contributed by atoms with Crippen molar-refractivity contribution >= 4 is 21.6 Å². The number of carbonyl (C=O) groups excluding carboxylic acids is 1. The molecule has 0 atom stereocenters. The van der Waals surface area contributed by atoms with Gasteiger partial charge < -0.3 is 10.3 Å². The maximum atomic E-state index is 12.9. The van der Waals surface area contributed by atoms with Crippen LogP contribution in [0.5, 0.6) is 0 Å². The number of hydrogen-bond acceptors (Lipinski definition) is 5. The first-order chi connectivity index (χ1) is 14.0. The summed E-state index contributed by atoms with van der Waals surface area (Å²) in [5.41, 5.74) is 2.86. The lowest BCUT2D eigenvalue weighted by Crippen LogP contribution is -2.30. The molecule has 164 valence electrons. The van der Waals surface area contributed by atoms with Crippen LogP contribution in [0.3, 0.4) is 0 Å². The molecule has 0 fully saturated rings. The number of aromatic nitrogens is 2. The van der Waals surface area contributed by atoms with Crippen molar-refractivity contribution in [2.45, 2.75) is 59.3 Å². The lowest BCUT2D eigenvalue weighted by Gasteiger charge is -2.20. The summed E-state index contributed by atoms with van der Waals surface area (Å²) < 4.78 is 27.1. The van der Waals surface area contributed by atoms with Crippen molar-refractivity contribution in [3.63, 3.8) is 0 Å². The van der Waals surface area contributed by atoms with Crippen LogP contribution >= 0.6 is 0 Å². The maximum Gasteiger partial charge on any atom is 0.254 e. The summed E-state index contributed by atoms with van der Waals surface area (Å²) in [6, 6.07) is 3.12. The quantitative estimate of drug-likeness (QED) is 0.663. The van der Waals surface area contributed by atoms with E-state index in [0.717, 1.165) is 11.1 Å². The first kappa shape index (κ1) is 23.8. The number of carbonyl (C=O) groups is 1. The van der Waals surface area contributed by atoms with Gasteiger partial charge in [-0.1, -0.05) is 13.8 Å². The highest BCUT2D eigenvalue weighted by molar-refractivity contribution is 7.89. The first-order valence-electron chi connectivity index (χ1n) is 9.98. The molecule has 30 heavy (non-hydrogen) atoms. The molecule has 2 N–H and O–H groups in total. The van der Waals surface area contributed by atoms with E-state index >= 15 is 0 Å². The summed E-state index contributed by atoms with van der Waals surface area (Å²) in [5, 5.41) is 2.80. The van der Waals surface area contributed by atoms with Crippen LogP contribution in [-0.4, -0.2) is 41.7 Å². The third-order valence-corrected chi connectivity index (χ3v) is 7.23.